The lowest BCUT2D eigenvalue weighted by molar-refractivity contribution is 0.375. The van der Waals surface area contributed by atoms with Crippen LogP contribution in [0, 0.1) is 0 Å². The van der Waals surface area contributed by atoms with E-state index < -0.39 is 0 Å². The fourth-order valence-corrected chi connectivity index (χ4v) is 4.72. The van der Waals surface area contributed by atoms with Crippen molar-refractivity contribution in [1.29, 1.82) is 0 Å². The van der Waals surface area contributed by atoms with Gasteiger partial charge in [0.05, 0.1) is 18.3 Å². The van der Waals surface area contributed by atoms with Crippen LogP contribution in [-0.2, 0) is 6.54 Å². The quantitative estimate of drug-likeness (QED) is 0.669. The lowest BCUT2D eigenvalue weighted by atomic mass is 10.2. The van der Waals surface area contributed by atoms with Crippen molar-refractivity contribution in [2.75, 3.05) is 25.4 Å². The van der Waals surface area contributed by atoms with Crippen LogP contribution in [0.4, 0.5) is 0 Å². The smallest absolute Gasteiger partial charge is 0.194 e. The van der Waals surface area contributed by atoms with Crippen LogP contribution in [0.2, 0.25) is 0 Å². The highest BCUT2D eigenvalue weighted by Gasteiger charge is 2.28. The van der Waals surface area contributed by atoms with Gasteiger partial charge >= 0.3 is 0 Å². The normalized spacial score (nSPS) is 22.1. The van der Waals surface area contributed by atoms with E-state index in [1.165, 1.54) is 25.7 Å². The minimum absolute atomic E-state index is 0.290. The fourth-order valence-electron chi connectivity index (χ4n) is 3.61. The molecule has 6 heteroatoms. The summed E-state index contributed by atoms with van der Waals surface area (Å²) in [5, 5.41) is 8.21. The highest BCUT2D eigenvalue weighted by Crippen LogP contribution is 2.30. The van der Waals surface area contributed by atoms with Crippen molar-refractivity contribution in [1.82, 2.24) is 20.0 Å². The molecule has 0 aromatic carbocycles. The molecule has 3 rings (SSSR count). The first-order valence-electron chi connectivity index (χ1n) is 9.28. The summed E-state index contributed by atoms with van der Waals surface area (Å²) in [5.41, 5.74) is 1.07. The Labute approximate surface area is 150 Å². The first-order valence-corrected chi connectivity index (χ1v) is 10.3. The Hall–Kier alpha value is -1.17. The number of thioether (sulfide) groups is 1. The molecule has 1 saturated carbocycles. The summed E-state index contributed by atoms with van der Waals surface area (Å²) < 4.78 is 2.45. The lowest BCUT2D eigenvalue weighted by Crippen LogP contribution is -2.50. The zero-order chi connectivity index (χ0) is 17.0. The lowest BCUT2D eigenvalue weighted by Gasteiger charge is -2.39. The van der Waals surface area contributed by atoms with Gasteiger partial charge in [0.25, 0.3) is 0 Å². The molecule has 0 amide bonds. The van der Waals surface area contributed by atoms with E-state index in [-0.39, 0.29) is 0 Å². The van der Waals surface area contributed by atoms with Crippen LogP contribution >= 0.6 is 11.8 Å². The molecule has 1 aliphatic heterocycles. The third-order valence-electron chi connectivity index (χ3n) is 4.81. The molecule has 24 heavy (non-hydrogen) atoms. The summed E-state index contributed by atoms with van der Waals surface area (Å²) in [4.78, 5) is 7.26. The average molecular weight is 350 g/mol. The fraction of sp³-hybridized carbons (Fsp3) is 0.778. The number of rotatable bonds is 4. The number of aliphatic imine (C=N–C) groups is 1. The van der Waals surface area contributed by atoms with Crippen LogP contribution in [0.1, 0.15) is 58.2 Å². The summed E-state index contributed by atoms with van der Waals surface area (Å²) in [6.07, 6.45) is 7.35. The van der Waals surface area contributed by atoms with E-state index in [4.69, 9.17) is 10.1 Å². The zero-order valence-electron chi connectivity index (χ0n) is 15.3. The van der Waals surface area contributed by atoms with Gasteiger partial charge in [0, 0.05) is 36.3 Å². The van der Waals surface area contributed by atoms with Gasteiger partial charge in [-0.3, -0.25) is 4.68 Å². The summed E-state index contributed by atoms with van der Waals surface area (Å²) in [7, 11) is 0. The monoisotopic (exact) mass is 349 g/mol. The molecule has 1 saturated heterocycles. The summed E-state index contributed by atoms with van der Waals surface area (Å²) >= 11 is 2.05. The number of nitrogens with zero attached hydrogens (tertiary/aromatic N) is 4. The van der Waals surface area contributed by atoms with E-state index in [0.717, 1.165) is 37.0 Å². The van der Waals surface area contributed by atoms with Crippen molar-refractivity contribution < 1.29 is 0 Å². The second kappa shape index (κ2) is 7.81. The van der Waals surface area contributed by atoms with Gasteiger partial charge in [0.15, 0.2) is 5.96 Å². The molecule has 134 valence electrons. The van der Waals surface area contributed by atoms with Crippen LogP contribution in [0.5, 0.6) is 0 Å². The molecular formula is C18H31N5S. The van der Waals surface area contributed by atoms with Crippen LogP contribution in [0.3, 0.4) is 0 Å². The van der Waals surface area contributed by atoms with E-state index in [2.05, 4.69) is 59.7 Å². The van der Waals surface area contributed by atoms with Gasteiger partial charge in [-0.25, -0.2) is 4.99 Å². The molecule has 0 bridgehead atoms. The molecule has 2 fully saturated rings. The second-order valence-corrected chi connectivity index (χ2v) is 9.23. The molecule has 1 N–H and O–H groups in total. The molecule has 0 unspecified atom stereocenters. The van der Waals surface area contributed by atoms with Crippen molar-refractivity contribution in [3.63, 3.8) is 0 Å². The van der Waals surface area contributed by atoms with Crippen LogP contribution in [0.25, 0.3) is 0 Å². The SMILES string of the molecule is CCNC(=NCc1ccn(C2CCCC2)n1)N1CCSC(C)(C)C1. The summed E-state index contributed by atoms with van der Waals surface area (Å²) in [6.45, 7) is 10.4. The number of aromatic nitrogens is 2. The molecule has 0 atom stereocenters. The zero-order valence-corrected chi connectivity index (χ0v) is 16.1. The van der Waals surface area contributed by atoms with Gasteiger partial charge in [-0.2, -0.15) is 16.9 Å². The molecular weight excluding hydrogens is 318 g/mol. The van der Waals surface area contributed by atoms with Gasteiger partial charge in [-0.05, 0) is 39.7 Å². The van der Waals surface area contributed by atoms with E-state index in [1.807, 2.05) is 0 Å². The maximum Gasteiger partial charge on any atom is 0.194 e. The number of hydrogen-bond donors (Lipinski definition) is 1. The third-order valence-corrected chi connectivity index (χ3v) is 6.11. The van der Waals surface area contributed by atoms with Crippen molar-refractivity contribution in [2.24, 2.45) is 4.99 Å². The molecule has 1 aliphatic carbocycles. The Balaban J connectivity index is 1.65. The Morgan fingerprint density at radius 2 is 2.21 bits per heavy atom. The largest absolute Gasteiger partial charge is 0.357 e. The Morgan fingerprint density at radius 1 is 1.42 bits per heavy atom. The predicted octanol–water partition coefficient (Wildman–Crippen LogP) is 3.29. The van der Waals surface area contributed by atoms with Gasteiger partial charge < -0.3 is 10.2 Å². The van der Waals surface area contributed by atoms with E-state index >= 15 is 0 Å². The first-order chi connectivity index (χ1) is 11.6. The van der Waals surface area contributed by atoms with E-state index in [0.29, 0.717) is 17.3 Å². The summed E-state index contributed by atoms with van der Waals surface area (Å²) in [6, 6.07) is 2.73. The Kier molecular flexibility index (Phi) is 5.74. The number of guanidine groups is 1. The van der Waals surface area contributed by atoms with Crippen molar-refractivity contribution in [3.8, 4) is 0 Å². The maximum atomic E-state index is 4.86. The van der Waals surface area contributed by atoms with E-state index in [9.17, 15) is 0 Å². The van der Waals surface area contributed by atoms with Crippen LogP contribution in [-0.4, -0.2) is 50.8 Å². The van der Waals surface area contributed by atoms with Crippen molar-refractivity contribution in [2.45, 2.75) is 63.8 Å². The van der Waals surface area contributed by atoms with Crippen LogP contribution < -0.4 is 5.32 Å². The average Bonchev–Trinajstić information content (AvgIpc) is 3.21. The molecule has 2 heterocycles. The Bertz CT molecular complexity index is 560. The van der Waals surface area contributed by atoms with E-state index in [1.54, 1.807) is 0 Å². The summed E-state index contributed by atoms with van der Waals surface area (Å²) in [5.74, 6) is 2.19. The number of hydrogen-bond acceptors (Lipinski definition) is 3. The highest BCUT2D eigenvalue weighted by atomic mass is 32.2. The predicted molar refractivity (Wildman–Crippen MR) is 103 cm³/mol. The first kappa shape index (κ1) is 17.6. The number of nitrogens with one attached hydrogen (secondary N) is 1. The molecule has 2 aliphatic rings. The molecule has 0 radical (unpaired) electrons. The van der Waals surface area contributed by atoms with Gasteiger partial charge in [-0.1, -0.05) is 12.8 Å². The topological polar surface area (TPSA) is 45.5 Å². The molecule has 1 aromatic rings. The van der Waals surface area contributed by atoms with Crippen molar-refractivity contribution >= 4 is 17.7 Å². The standard InChI is InChI=1S/C18H31N5S/c1-4-19-17(22-11-12-24-18(2,3)14-22)20-13-15-9-10-23(21-15)16-7-5-6-8-16/h9-10,16H,4-8,11-14H2,1-3H3,(H,19,20). The highest BCUT2D eigenvalue weighted by molar-refractivity contribution is 8.00. The maximum absolute atomic E-state index is 4.86. The third kappa shape index (κ3) is 4.47. The second-order valence-electron chi connectivity index (χ2n) is 7.43. The Morgan fingerprint density at radius 3 is 2.92 bits per heavy atom. The van der Waals surface area contributed by atoms with Crippen molar-refractivity contribution in [3.05, 3.63) is 18.0 Å². The minimum atomic E-state index is 0.290. The van der Waals surface area contributed by atoms with Crippen LogP contribution in [0.15, 0.2) is 17.3 Å². The van der Waals surface area contributed by atoms with Gasteiger partial charge in [0.1, 0.15) is 0 Å². The van der Waals surface area contributed by atoms with Gasteiger partial charge in [-0.15, -0.1) is 0 Å². The minimum Gasteiger partial charge on any atom is -0.357 e. The molecule has 0 spiro atoms. The van der Waals surface area contributed by atoms with Gasteiger partial charge in [0.2, 0.25) is 0 Å². The molecule has 5 nitrogen and oxygen atoms in total. The molecule has 1 aromatic heterocycles.